The third kappa shape index (κ3) is 4.19. The SMILES string of the molecule is Cc1ccn(-c2ccc(N3CCN(C(=O)c4cc(-c5ccc(F)cc5)nn4C)CC3)nn2)n1. The molecular weight excluding hydrogens is 423 g/mol. The fourth-order valence-electron chi connectivity index (χ4n) is 3.88. The van der Waals surface area contributed by atoms with Gasteiger partial charge in [0.1, 0.15) is 11.5 Å². The molecule has 3 aromatic heterocycles. The van der Waals surface area contributed by atoms with Crippen molar-refractivity contribution in [3.63, 3.8) is 0 Å². The van der Waals surface area contributed by atoms with Crippen LogP contribution in [0.5, 0.6) is 0 Å². The van der Waals surface area contributed by atoms with Crippen LogP contribution in [0.2, 0.25) is 0 Å². The normalized spacial score (nSPS) is 14.0. The van der Waals surface area contributed by atoms with Crippen molar-refractivity contribution >= 4 is 11.7 Å². The average molecular weight is 446 g/mol. The van der Waals surface area contributed by atoms with Crippen molar-refractivity contribution in [3.05, 3.63) is 71.9 Å². The summed E-state index contributed by atoms with van der Waals surface area (Å²) >= 11 is 0. The molecule has 0 radical (unpaired) electrons. The summed E-state index contributed by atoms with van der Waals surface area (Å²) < 4.78 is 16.5. The molecule has 1 saturated heterocycles. The summed E-state index contributed by atoms with van der Waals surface area (Å²) in [4.78, 5) is 17.0. The number of rotatable bonds is 4. The number of piperazine rings is 1. The smallest absolute Gasteiger partial charge is 0.272 e. The van der Waals surface area contributed by atoms with Crippen molar-refractivity contribution < 1.29 is 9.18 Å². The zero-order valence-electron chi connectivity index (χ0n) is 18.4. The van der Waals surface area contributed by atoms with E-state index in [1.54, 1.807) is 34.6 Å². The molecule has 0 aliphatic carbocycles. The Kier molecular flexibility index (Phi) is 5.33. The van der Waals surface area contributed by atoms with Gasteiger partial charge in [0.25, 0.3) is 5.91 Å². The summed E-state index contributed by atoms with van der Waals surface area (Å²) in [5, 5.41) is 17.4. The molecule has 1 aliphatic heterocycles. The number of hydrogen-bond acceptors (Lipinski definition) is 6. The van der Waals surface area contributed by atoms with Gasteiger partial charge in [-0.1, -0.05) is 0 Å². The first-order valence-corrected chi connectivity index (χ1v) is 10.7. The summed E-state index contributed by atoms with van der Waals surface area (Å²) in [5.41, 5.74) is 2.83. The fourth-order valence-corrected chi connectivity index (χ4v) is 3.88. The lowest BCUT2D eigenvalue weighted by molar-refractivity contribution is 0.0735. The molecule has 9 nitrogen and oxygen atoms in total. The Bertz CT molecular complexity index is 1270. The van der Waals surface area contributed by atoms with E-state index in [-0.39, 0.29) is 11.7 Å². The van der Waals surface area contributed by atoms with E-state index in [0.717, 1.165) is 17.1 Å². The molecule has 10 heteroatoms. The van der Waals surface area contributed by atoms with Gasteiger partial charge in [-0.05, 0) is 55.5 Å². The first kappa shape index (κ1) is 20.8. The molecule has 0 saturated carbocycles. The van der Waals surface area contributed by atoms with Crippen LogP contribution in [0.4, 0.5) is 10.2 Å². The predicted octanol–water partition coefficient (Wildman–Crippen LogP) is 2.47. The second-order valence-corrected chi connectivity index (χ2v) is 7.98. The van der Waals surface area contributed by atoms with Gasteiger partial charge in [-0.2, -0.15) is 10.2 Å². The topological polar surface area (TPSA) is 85.0 Å². The summed E-state index contributed by atoms with van der Waals surface area (Å²) in [5.74, 6) is 1.05. The maximum atomic E-state index is 13.2. The maximum absolute atomic E-state index is 13.2. The van der Waals surface area contributed by atoms with Gasteiger partial charge in [0.15, 0.2) is 11.6 Å². The van der Waals surface area contributed by atoms with Crippen LogP contribution in [0.1, 0.15) is 16.2 Å². The Labute approximate surface area is 190 Å². The standard InChI is InChI=1S/C23H23FN8O/c1-16-9-10-32(27-16)22-8-7-21(25-26-22)30-11-13-31(14-12-30)23(33)20-15-19(28-29(20)2)17-3-5-18(24)6-4-17/h3-10,15H,11-14H2,1-2H3. The van der Waals surface area contributed by atoms with Crippen molar-refractivity contribution in [2.24, 2.45) is 7.05 Å². The molecule has 1 amide bonds. The molecule has 33 heavy (non-hydrogen) atoms. The monoisotopic (exact) mass is 446 g/mol. The number of carbonyl (C=O) groups excluding carboxylic acids is 1. The highest BCUT2D eigenvalue weighted by Crippen LogP contribution is 2.21. The highest BCUT2D eigenvalue weighted by molar-refractivity contribution is 5.94. The van der Waals surface area contributed by atoms with E-state index < -0.39 is 0 Å². The zero-order valence-corrected chi connectivity index (χ0v) is 18.4. The van der Waals surface area contributed by atoms with Gasteiger partial charge in [-0.3, -0.25) is 9.48 Å². The number of aryl methyl sites for hydroxylation is 2. The minimum absolute atomic E-state index is 0.0755. The minimum Gasteiger partial charge on any atom is -0.352 e. The van der Waals surface area contributed by atoms with Gasteiger partial charge < -0.3 is 9.80 Å². The molecule has 168 valence electrons. The summed E-state index contributed by atoms with van der Waals surface area (Å²) in [7, 11) is 1.74. The summed E-state index contributed by atoms with van der Waals surface area (Å²) in [6, 6.07) is 13.6. The summed E-state index contributed by atoms with van der Waals surface area (Å²) in [6.07, 6.45) is 1.85. The highest BCUT2D eigenvalue weighted by Gasteiger charge is 2.25. The Morgan fingerprint density at radius 3 is 2.24 bits per heavy atom. The largest absolute Gasteiger partial charge is 0.352 e. The van der Waals surface area contributed by atoms with Crippen molar-refractivity contribution in [2.45, 2.75) is 6.92 Å². The number of anilines is 1. The Morgan fingerprint density at radius 2 is 1.61 bits per heavy atom. The lowest BCUT2D eigenvalue weighted by atomic mass is 10.1. The van der Waals surface area contributed by atoms with E-state index in [4.69, 9.17) is 0 Å². The lowest BCUT2D eigenvalue weighted by Crippen LogP contribution is -2.49. The number of carbonyl (C=O) groups is 1. The van der Waals surface area contributed by atoms with Crippen molar-refractivity contribution in [1.82, 2.24) is 34.7 Å². The molecule has 0 bridgehead atoms. The average Bonchev–Trinajstić information content (AvgIpc) is 3.45. The zero-order chi connectivity index (χ0) is 22.9. The first-order chi connectivity index (χ1) is 16.0. The van der Waals surface area contributed by atoms with Crippen LogP contribution in [0.25, 0.3) is 17.1 Å². The summed E-state index contributed by atoms with van der Waals surface area (Å²) in [6.45, 7) is 4.37. The number of aromatic nitrogens is 6. The van der Waals surface area contributed by atoms with E-state index in [9.17, 15) is 9.18 Å². The van der Waals surface area contributed by atoms with E-state index >= 15 is 0 Å². The number of hydrogen-bond donors (Lipinski definition) is 0. The third-order valence-electron chi connectivity index (χ3n) is 5.72. The van der Waals surface area contributed by atoms with Crippen LogP contribution in [0.3, 0.4) is 0 Å². The molecule has 0 atom stereocenters. The molecule has 0 unspecified atom stereocenters. The van der Waals surface area contributed by atoms with Crippen LogP contribution in [0.15, 0.2) is 54.7 Å². The molecule has 4 heterocycles. The fraction of sp³-hybridized carbons (Fsp3) is 0.261. The van der Waals surface area contributed by atoms with Gasteiger partial charge in [0.05, 0.1) is 11.4 Å². The van der Waals surface area contributed by atoms with Gasteiger partial charge in [-0.15, -0.1) is 10.2 Å². The molecular formula is C23H23FN8O. The first-order valence-electron chi connectivity index (χ1n) is 10.7. The van der Waals surface area contributed by atoms with Gasteiger partial charge in [0, 0.05) is 45.0 Å². The van der Waals surface area contributed by atoms with Crippen molar-refractivity contribution in [2.75, 3.05) is 31.1 Å². The van der Waals surface area contributed by atoms with E-state index in [0.29, 0.717) is 43.4 Å². The van der Waals surface area contributed by atoms with Crippen LogP contribution >= 0.6 is 0 Å². The quantitative estimate of drug-likeness (QED) is 0.479. The molecule has 0 N–H and O–H groups in total. The van der Waals surface area contributed by atoms with E-state index in [1.807, 2.05) is 36.2 Å². The molecule has 1 fully saturated rings. The number of halogens is 1. The lowest BCUT2D eigenvalue weighted by Gasteiger charge is -2.35. The molecule has 4 aromatic rings. The molecule has 1 aromatic carbocycles. The second kappa shape index (κ2) is 8.45. The molecule has 0 spiro atoms. The number of nitrogens with zero attached hydrogens (tertiary/aromatic N) is 8. The number of benzene rings is 1. The van der Waals surface area contributed by atoms with Crippen LogP contribution in [-0.4, -0.2) is 66.7 Å². The van der Waals surface area contributed by atoms with Gasteiger partial charge in [0.2, 0.25) is 0 Å². The van der Waals surface area contributed by atoms with E-state index in [1.165, 1.54) is 12.1 Å². The Balaban J connectivity index is 1.24. The van der Waals surface area contributed by atoms with Crippen molar-refractivity contribution in [3.8, 4) is 17.1 Å². The van der Waals surface area contributed by atoms with Crippen molar-refractivity contribution in [1.29, 1.82) is 0 Å². The second-order valence-electron chi connectivity index (χ2n) is 7.98. The molecule has 5 rings (SSSR count). The van der Waals surface area contributed by atoms with Gasteiger partial charge >= 0.3 is 0 Å². The van der Waals surface area contributed by atoms with Crippen LogP contribution < -0.4 is 4.90 Å². The number of amides is 1. The maximum Gasteiger partial charge on any atom is 0.272 e. The molecule has 1 aliphatic rings. The van der Waals surface area contributed by atoms with Crippen LogP contribution in [0, 0.1) is 12.7 Å². The van der Waals surface area contributed by atoms with Gasteiger partial charge in [-0.25, -0.2) is 9.07 Å². The predicted molar refractivity (Wildman–Crippen MR) is 121 cm³/mol. The Morgan fingerprint density at radius 1 is 0.909 bits per heavy atom. The van der Waals surface area contributed by atoms with Crippen LogP contribution in [-0.2, 0) is 7.05 Å². The minimum atomic E-state index is -0.306. The third-order valence-corrected chi connectivity index (χ3v) is 5.72. The Hall–Kier alpha value is -4.08. The highest BCUT2D eigenvalue weighted by atomic mass is 19.1. The van der Waals surface area contributed by atoms with E-state index in [2.05, 4.69) is 25.3 Å².